The van der Waals surface area contributed by atoms with Crippen LogP contribution in [0.4, 0.5) is 0 Å². The molecule has 0 aliphatic carbocycles. The first-order chi connectivity index (χ1) is 11.5. The van der Waals surface area contributed by atoms with Crippen LogP contribution in [0.2, 0.25) is 0 Å². The number of hydrogen-bond donors (Lipinski definition) is 0. The van der Waals surface area contributed by atoms with E-state index in [1.165, 1.54) is 0 Å². The average Bonchev–Trinajstić information content (AvgIpc) is 2.75. The van der Waals surface area contributed by atoms with Gasteiger partial charge in [-0.1, -0.05) is 26.0 Å². The lowest BCUT2D eigenvalue weighted by Crippen LogP contribution is -2.41. The molecule has 1 aromatic rings. The molecule has 0 N–H and O–H groups in total. The second kappa shape index (κ2) is 7.39. The first-order valence-electron chi connectivity index (χ1n) is 9.01. The van der Waals surface area contributed by atoms with Gasteiger partial charge in [-0.25, -0.2) is 8.42 Å². The summed E-state index contributed by atoms with van der Waals surface area (Å²) in [5, 5.41) is 0. The van der Waals surface area contributed by atoms with Crippen LogP contribution in [0.5, 0.6) is 0 Å². The summed E-state index contributed by atoms with van der Waals surface area (Å²) < 4.78 is 39.2. The first kappa shape index (κ1) is 20.4. The summed E-state index contributed by atoms with van der Waals surface area (Å²) in [6, 6.07) is 6.86. The summed E-state index contributed by atoms with van der Waals surface area (Å²) in [7, 11) is -3.94. The second-order valence-corrected chi connectivity index (χ2v) is 9.50. The average molecular weight is 367 g/mol. The number of rotatable bonds is 7. The van der Waals surface area contributed by atoms with E-state index in [1.54, 1.807) is 28.6 Å². The van der Waals surface area contributed by atoms with E-state index in [0.717, 1.165) is 18.3 Å². The molecule has 25 heavy (non-hydrogen) atoms. The van der Waals surface area contributed by atoms with Crippen LogP contribution in [0.3, 0.4) is 0 Å². The van der Waals surface area contributed by atoms with Gasteiger partial charge in [-0.3, -0.25) is 0 Å². The topological polar surface area (TPSA) is 55.8 Å². The van der Waals surface area contributed by atoms with Crippen LogP contribution in [0.25, 0.3) is 0 Å². The van der Waals surface area contributed by atoms with Gasteiger partial charge in [0, 0.05) is 13.1 Å². The molecule has 0 saturated carbocycles. The predicted molar refractivity (Wildman–Crippen MR) is 101 cm³/mol. The summed E-state index contributed by atoms with van der Waals surface area (Å²) in [6.45, 7) is 13.0. The Morgan fingerprint density at radius 1 is 0.920 bits per heavy atom. The monoisotopic (exact) mass is 367 g/mol. The molecule has 0 bridgehead atoms. The maximum atomic E-state index is 12.8. The third kappa shape index (κ3) is 4.10. The molecule has 0 aromatic heterocycles. The smallest absolute Gasteiger partial charge is 0.399 e. The molecule has 0 amide bonds. The molecule has 0 radical (unpaired) electrons. The van der Waals surface area contributed by atoms with Gasteiger partial charge in [0.05, 0.1) is 16.1 Å². The van der Waals surface area contributed by atoms with E-state index in [1.807, 2.05) is 41.5 Å². The van der Waals surface area contributed by atoms with Crippen molar-refractivity contribution in [3.8, 4) is 0 Å². The molecule has 1 aliphatic heterocycles. The summed E-state index contributed by atoms with van der Waals surface area (Å²) in [5.41, 5.74) is -0.00160. The van der Waals surface area contributed by atoms with Gasteiger partial charge in [0.15, 0.2) is 0 Å². The lowest BCUT2D eigenvalue weighted by atomic mass is 9.79. The molecule has 1 aliphatic rings. The van der Waals surface area contributed by atoms with Gasteiger partial charge in [-0.05, 0) is 58.1 Å². The van der Waals surface area contributed by atoms with Crippen LogP contribution >= 0.6 is 0 Å². The minimum absolute atomic E-state index is 0.315. The Hall–Kier alpha value is -0.885. The molecule has 0 atom stereocenters. The number of hydrogen-bond acceptors (Lipinski definition) is 4. The Morgan fingerprint density at radius 3 is 1.76 bits per heavy atom. The summed E-state index contributed by atoms with van der Waals surface area (Å²) >= 11 is 0. The molecule has 1 aromatic carbocycles. The lowest BCUT2D eigenvalue weighted by molar-refractivity contribution is 0.00578. The van der Waals surface area contributed by atoms with E-state index in [2.05, 4.69) is 0 Å². The molecule has 1 saturated heterocycles. The molecular weight excluding hydrogens is 337 g/mol. The third-order valence-corrected chi connectivity index (χ3v) is 6.90. The van der Waals surface area contributed by atoms with Gasteiger partial charge >= 0.3 is 7.12 Å². The molecule has 1 fully saturated rings. The highest BCUT2D eigenvalue weighted by Gasteiger charge is 2.51. The zero-order chi connectivity index (χ0) is 18.9. The maximum Gasteiger partial charge on any atom is 0.494 e. The van der Waals surface area contributed by atoms with E-state index >= 15 is 0 Å². The van der Waals surface area contributed by atoms with Crippen LogP contribution in [-0.4, -0.2) is 44.1 Å². The van der Waals surface area contributed by atoms with E-state index in [0.29, 0.717) is 18.0 Å². The van der Waals surface area contributed by atoms with Crippen LogP contribution in [0.1, 0.15) is 54.4 Å². The zero-order valence-corrected chi connectivity index (χ0v) is 17.0. The standard InChI is InChI=1S/C18H30BNO4S/c1-7-13-20(14-8-2)25(21,22)16-11-9-15(10-12-16)19-23-17(3,4)18(5,6)24-19/h9-12H,7-8,13-14H2,1-6H3. The molecule has 0 unspecified atom stereocenters. The Balaban J connectivity index is 2.23. The summed E-state index contributed by atoms with van der Waals surface area (Å²) in [6.07, 6.45) is 1.59. The fourth-order valence-corrected chi connectivity index (χ4v) is 4.40. The van der Waals surface area contributed by atoms with Gasteiger partial charge in [-0.15, -0.1) is 0 Å². The second-order valence-electron chi connectivity index (χ2n) is 7.56. The van der Waals surface area contributed by atoms with Gasteiger partial charge in [0.2, 0.25) is 10.0 Å². The number of benzene rings is 1. The van der Waals surface area contributed by atoms with E-state index in [-0.39, 0.29) is 0 Å². The minimum atomic E-state index is -3.46. The molecular formula is C18H30BNO4S. The lowest BCUT2D eigenvalue weighted by Gasteiger charge is -2.32. The minimum Gasteiger partial charge on any atom is -0.399 e. The molecule has 5 nitrogen and oxygen atoms in total. The van der Waals surface area contributed by atoms with Crippen molar-refractivity contribution in [3.63, 3.8) is 0 Å². The van der Waals surface area contributed by atoms with Gasteiger partial charge in [0.25, 0.3) is 0 Å². The summed E-state index contributed by atoms with van der Waals surface area (Å²) in [4.78, 5) is 0.315. The van der Waals surface area contributed by atoms with Crippen molar-refractivity contribution in [2.75, 3.05) is 13.1 Å². The van der Waals surface area contributed by atoms with Crippen molar-refractivity contribution >= 4 is 22.6 Å². The SMILES string of the molecule is CCCN(CCC)S(=O)(=O)c1ccc(B2OC(C)(C)C(C)(C)O2)cc1. The van der Waals surface area contributed by atoms with Gasteiger partial charge in [-0.2, -0.15) is 4.31 Å². The van der Waals surface area contributed by atoms with E-state index < -0.39 is 28.3 Å². The number of nitrogens with zero attached hydrogens (tertiary/aromatic N) is 1. The normalized spacial score (nSPS) is 19.6. The highest BCUT2D eigenvalue weighted by atomic mass is 32.2. The van der Waals surface area contributed by atoms with Crippen LogP contribution in [0, 0.1) is 0 Å². The molecule has 2 rings (SSSR count). The first-order valence-corrected chi connectivity index (χ1v) is 10.4. The highest BCUT2D eigenvalue weighted by molar-refractivity contribution is 7.89. The fraction of sp³-hybridized carbons (Fsp3) is 0.667. The van der Waals surface area contributed by atoms with Crippen molar-refractivity contribution in [1.29, 1.82) is 0 Å². The third-order valence-electron chi connectivity index (χ3n) is 4.99. The van der Waals surface area contributed by atoms with E-state index in [9.17, 15) is 8.42 Å². The van der Waals surface area contributed by atoms with Crippen molar-refractivity contribution < 1.29 is 17.7 Å². The fourth-order valence-electron chi connectivity index (χ4n) is 2.78. The van der Waals surface area contributed by atoms with Gasteiger partial charge < -0.3 is 9.31 Å². The van der Waals surface area contributed by atoms with Crippen molar-refractivity contribution in [2.24, 2.45) is 0 Å². The summed E-state index contributed by atoms with van der Waals surface area (Å²) in [5.74, 6) is 0. The van der Waals surface area contributed by atoms with Crippen molar-refractivity contribution in [2.45, 2.75) is 70.5 Å². The predicted octanol–water partition coefficient (Wildman–Crippen LogP) is 2.80. The van der Waals surface area contributed by atoms with Crippen LogP contribution < -0.4 is 5.46 Å². The molecule has 7 heteroatoms. The molecule has 0 spiro atoms. The van der Waals surface area contributed by atoms with Crippen molar-refractivity contribution in [3.05, 3.63) is 24.3 Å². The van der Waals surface area contributed by atoms with Crippen LogP contribution in [-0.2, 0) is 19.3 Å². The van der Waals surface area contributed by atoms with Crippen molar-refractivity contribution in [1.82, 2.24) is 4.31 Å². The largest absolute Gasteiger partial charge is 0.494 e. The Labute approximate surface area is 152 Å². The Morgan fingerprint density at radius 2 is 1.36 bits per heavy atom. The Kier molecular flexibility index (Phi) is 6.04. The van der Waals surface area contributed by atoms with Crippen LogP contribution in [0.15, 0.2) is 29.2 Å². The molecule has 140 valence electrons. The van der Waals surface area contributed by atoms with E-state index in [4.69, 9.17) is 9.31 Å². The van der Waals surface area contributed by atoms with Gasteiger partial charge in [0.1, 0.15) is 0 Å². The zero-order valence-electron chi connectivity index (χ0n) is 16.2. The Bertz CT molecular complexity index is 664. The molecule has 1 heterocycles. The quantitative estimate of drug-likeness (QED) is 0.696. The number of sulfonamides is 1. The maximum absolute atomic E-state index is 12.8. The highest BCUT2D eigenvalue weighted by Crippen LogP contribution is 2.36.